The lowest BCUT2D eigenvalue weighted by molar-refractivity contribution is -0.0250. The van der Waals surface area contributed by atoms with Crippen molar-refractivity contribution < 1.29 is 9.84 Å². The van der Waals surface area contributed by atoms with Crippen molar-refractivity contribution in [1.82, 2.24) is 4.90 Å². The number of rotatable bonds is 6. The van der Waals surface area contributed by atoms with Crippen molar-refractivity contribution in [3.05, 3.63) is 69.2 Å². The summed E-state index contributed by atoms with van der Waals surface area (Å²) >= 11 is 9.58. The molecule has 0 bridgehead atoms. The number of halogens is 2. The number of nitrogens with zero attached hydrogens (tertiary/aromatic N) is 1. The fourth-order valence-electron chi connectivity index (χ4n) is 3.66. The van der Waals surface area contributed by atoms with Gasteiger partial charge in [-0.15, -0.1) is 0 Å². The van der Waals surface area contributed by atoms with Gasteiger partial charge in [0, 0.05) is 35.0 Å². The Morgan fingerprint density at radius 1 is 1.12 bits per heavy atom. The first-order chi connectivity index (χ1) is 12.5. The molecule has 0 spiro atoms. The zero-order chi connectivity index (χ0) is 18.6. The predicted octanol–water partition coefficient (Wildman–Crippen LogP) is 4.82. The van der Waals surface area contributed by atoms with Crippen molar-refractivity contribution in [3.63, 3.8) is 0 Å². The minimum atomic E-state index is -0.952. The second-order valence-electron chi connectivity index (χ2n) is 6.80. The Labute approximate surface area is 169 Å². The van der Waals surface area contributed by atoms with Crippen LogP contribution in [0.2, 0.25) is 5.02 Å². The fourth-order valence-corrected chi connectivity index (χ4v) is 4.05. The van der Waals surface area contributed by atoms with E-state index in [4.69, 9.17) is 16.3 Å². The monoisotopic (exact) mass is 437 g/mol. The molecular formula is C21H25BrClNO2. The van der Waals surface area contributed by atoms with E-state index < -0.39 is 5.60 Å². The molecule has 0 radical (unpaired) electrons. The topological polar surface area (TPSA) is 32.7 Å². The third-order valence-corrected chi connectivity index (χ3v) is 6.06. The summed E-state index contributed by atoms with van der Waals surface area (Å²) in [5, 5.41) is 12.5. The number of hydrogen-bond acceptors (Lipinski definition) is 3. The standard InChI is InChI=1S/C21H25BrClNO2/c1-2-21(25,17-5-7-18(22)8-6-17)20(15-24-11-13-26-14-12-24)16-3-9-19(23)10-4-16/h3-10,20,25H,2,11-15H2,1H3/t20-,21-/m1/s1. The molecule has 0 saturated carbocycles. The maximum Gasteiger partial charge on any atom is 0.0974 e. The first kappa shape index (κ1) is 19.8. The summed E-state index contributed by atoms with van der Waals surface area (Å²) in [6.07, 6.45) is 0.631. The highest BCUT2D eigenvalue weighted by Crippen LogP contribution is 2.41. The van der Waals surface area contributed by atoms with Gasteiger partial charge in [-0.3, -0.25) is 4.90 Å². The van der Waals surface area contributed by atoms with Crippen LogP contribution in [0.1, 0.15) is 30.4 Å². The van der Waals surface area contributed by atoms with E-state index in [1.807, 2.05) is 55.5 Å². The molecule has 1 heterocycles. The molecule has 0 unspecified atom stereocenters. The predicted molar refractivity (Wildman–Crippen MR) is 110 cm³/mol. The largest absolute Gasteiger partial charge is 0.384 e. The first-order valence-corrected chi connectivity index (χ1v) is 10.2. The van der Waals surface area contributed by atoms with Crippen LogP contribution in [-0.2, 0) is 10.3 Å². The molecule has 1 saturated heterocycles. The van der Waals surface area contributed by atoms with Crippen LogP contribution in [0.4, 0.5) is 0 Å². The Balaban J connectivity index is 1.98. The molecule has 3 nitrogen and oxygen atoms in total. The third kappa shape index (κ3) is 4.49. The smallest absolute Gasteiger partial charge is 0.0974 e. The molecule has 1 aliphatic heterocycles. The summed E-state index contributed by atoms with van der Waals surface area (Å²) in [6, 6.07) is 15.9. The van der Waals surface area contributed by atoms with E-state index in [0.717, 1.165) is 48.4 Å². The average Bonchev–Trinajstić information content (AvgIpc) is 2.68. The van der Waals surface area contributed by atoms with Gasteiger partial charge in [0.05, 0.1) is 18.8 Å². The minimum absolute atomic E-state index is 0.0518. The van der Waals surface area contributed by atoms with Crippen molar-refractivity contribution in [1.29, 1.82) is 0 Å². The van der Waals surface area contributed by atoms with Crippen LogP contribution in [0.5, 0.6) is 0 Å². The van der Waals surface area contributed by atoms with E-state index in [1.54, 1.807) is 0 Å². The molecule has 3 rings (SSSR count). The van der Waals surface area contributed by atoms with Crippen LogP contribution in [0.15, 0.2) is 53.0 Å². The van der Waals surface area contributed by atoms with Crippen LogP contribution in [0.3, 0.4) is 0 Å². The van der Waals surface area contributed by atoms with Gasteiger partial charge in [-0.25, -0.2) is 0 Å². The Morgan fingerprint density at radius 2 is 1.73 bits per heavy atom. The first-order valence-electron chi connectivity index (χ1n) is 9.07. The van der Waals surface area contributed by atoms with Crippen molar-refractivity contribution in [3.8, 4) is 0 Å². The normalized spacial score (nSPS) is 19.1. The molecule has 2 aromatic carbocycles. The zero-order valence-corrected chi connectivity index (χ0v) is 17.3. The molecule has 5 heteroatoms. The second kappa shape index (κ2) is 8.85. The summed E-state index contributed by atoms with van der Waals surface area (Å²) in [5.74, 6) is -0.0518. The van der Waals surface area contributed by atoms with Gasteiger partial charge in [-0.2, -0.15) is 0 Å². The fraction of sp³-hybridized carbons (Fsp3) is 0.429. The van der Waals surface area contributed by atoms with Crippen LogP contribution in [0.25, 0.3) is 0 Å². The van der Waals surface area contributed by atoms with E-state index in [1.165, 1.54) is 0 Å². The number of hydrogen-bond donors (Lipinski definition) is 1. The van der Waals surface area contributed by atoms with Crippen LogP contribution >= 0.6 is 27.5 Å². The molecule has 0 amide bonds. The number of aliphatic hydroxyl groups is 1. The lowest BCUT2D eigenvalue weighted by Gasteiger charge is -2.40. The van der Waals surface area contributed by atoms with Gasteiger partial charge in [0.15, 0.2) is 0 Å². The van der Waals surface area contributed by atoms with E-state index in [9.17, 15) is 5.11 Å². The van der Waals surface area contributed by atoms with Gasteiger partial charge in [0.2, 0.25) is 0 Å². The molecule has 26 heavy (non-hydrogen) atoms. The van der Waals surface area contributed by atoms with Gasteiger partial charge in [-0.1, -0.05) is 58.7 Å². The molecule has 1 fully saturated rings. The quantitative estimate of drug-likeness (QED) is 0.702. The lowest BCUT2D eigenvalue weighted by Crippen LogP contribution is -2.44. The van der Waals surface area contributed by atoms with Crippen LogP contribution in [0, 0.1) is 0 Å². The summed E-state index contributed by atoms with van der Waals surface area (Å²) < 4.78 is 6.50. The Hall–Kier alpha value is -0.910. The molecular weight excluding hydrogens is 414 g/mol. The van der Waals surface area contributed by atoms with Gasteiger partial charge in [-0.05, 0) is 41.8 Å². The summed E-state index contributed by atoms with van der Waals surface area (Å²) in [7, 11) is 0. The SMILES string of the molecule is CC[C@@](O)(c1ccc(Br)cc1)[C@H](CN1CCOCC1)c1ccc(Cl)cc1. The minimum Gasteiger partial charge on any atom is -0.384 e. The summed E-state index contributed by atoms with van der Waals surface area (Å²) in [6.45, 7) is 6.11. The number of morpholine rings is 1. The molecule has 0 aromatic heterocycles. The van der Waals surface area contributed by atoms with E-state index in [-0.39, 0.29) is 5.92 Å². The van der Waals surface area contributed by atoms with Gasteiger partial charge >= 0.3 is 0 Å². The molecule has 1 N–H and O–H groups in total. The zero-order valence-electron chi connectivity index (χ0n) is 15.0. The highest BCUT2D eigenvalue weighted by molar-refractivity contribution is 9.10. The second-order valence-corrected chi connectivity index (χ2v) is 8.15. The molecule has 0 aliphatic carbocycles. The van der Waals surface area contributed by atoms with Gasteiger partial charge in [0.25, 0.3) is 0 Å². The van der Waals surface area contributed by atoms with Crippen molar-refractivity contribution in [2.24, 2.45) is 0 Å². The molecule has 2 atom stereocenters. The number of benzene rings is 2. The molecule has 140 valence electrons. The Morgan fingerprint density at radius 3 is 2.31 bits per heavy atom. The van der Waals surface area contributed by atoms with E-state index in [2.05, 4.69) is 20.8 Å². The van der Waals surface area contributed by atoms with Crippen molar-refractivity contribution in [2.45, 2.75) is 24.9 Å². The van der Waals surface area contributed by atoms with Gasteiger partial charge < -0.3 is 9.84 Å². The van der Waals surface area contributed by atoms with Crippen molar-refractivity contribution in [2.75, 3.05) is 32.8 Å². The summed E-state index contributed by atoms with van der Waals surface area (Å²) in [4.78, 5) is 2.38. The third-order valence-electron chi connectivity index (χ3n) is 5.28. The number of ether oxygens (including phenoxy) is 1. The molecule has 1 aliphatic rings. The van der Waals surface area contributed by atoms with Gasteiger partial charge in [0.1, 0.15) is 0 Å². The average molecular weight is 439 g/mol. The van der Waals surface area contributed by atoms with E-state index >= 15 is 0 Å². The van der Waals surface area contributed by atoms with Crippen LogP contribution < -0.4 is 0 Å². The maximum absolute atomic E-state index is 11.8. The summed E-state index contributed by atoms with van der Waals surface area (Å²) in [5.41, 5.74) is 1.09. The Kier molecular flexibility index (Phi) is 6.76. The highest BCUT2D eigenvalue weighted by atomic mass is 79.9. The maximum atomic E-state index is 11.8. The lowest BCUT2D eigenvalue weighted by atomic mass is 9.75. The molecule has 2 aromatic rings. The van der Waals surface area contributed by atoms with Crippen molar-refractivity contribution >= 4 is 27.5 Å². The van der Waals surface area contributed by atoms with Crippen LogP contribution in [-0.4, -0.2) is 42.9 Å². The van der Waals surface area contributed by atoms with E-state index in [0.29, 0.717) is 11.4 Å². The highest BCUT2D eigenvalue weighted by Gasteiger charge is 2.39. The Bertz CT molecular complexity index is 701.